The largest absolute Gasteiger partial charge is 0.493 e. The Bertz CT molecular complexity index is 1110. The minimum absolute atomic E-state index is 0.0311. The summed E-state index contributed by atoms with van der Waals surface area (Å²) in [6.07, 6.45) is 1.56. The molecule has 0 amide bonds. The van der Waals surface area contributed by atoms with Crippen LogP contribution in [0.4, 0.5) is 8.78 Å². The third kappa shape index (κ3) is 4.82. The van der Waals surface area contributed by atoms with Crippen molar-refractivity contribution in [1.82, 2.24) is 0 Å². The summed E-state index contributed by atoms with van der Waals surface area (Å²) >= 11 is 3.44. The first-order chi connectivity index (χ1) is 14.0. The van der Waals surface area contributed by atoms with E-state index in [1.807, 2.05) is 6.07 Å². The summed E-state index contributed by atoms with van der Waals surface area (Å²) in [7, 11) is 1.48. The van der Waals surface area contributed by atoms with Crippen LogP contribution in [0.15, 0.2) is 65.1 Å². The zero-order valence-corrected chi connectivity index (χ0v) is 17.0. The number of allylic oxidation sites excluding steroid dienone is 1. The monoisotopic (exact) mass is 455 g/mol. The first-order valence-electron chi connectivity index (χ1n) is 8.64. The fourth-order valence-corrected chi connectivity index (χ4v) is 3.15. The summed E-state index contributed by atoms with van der Waals surface area (Å²) in [6, 6.07) is 17.8. The number of methoxy groups -OCH3 is 1. The average Bonchev–Trinajstić information content (AvgIpc) is 2.73. The van der Waals surface area contributed by atoms with Crippen LogP contribution in [0.1, 0.15) is 16.7 Å². The number of ether oxygens (including phenoxy) is 2. The number of nitrogens with zero attached hydrogens (tertiary/aromatic N) is 1. The van der Waals surface area contributed by atoms with Crippen LogP contribution >= 0.6 is 15.9 Å². The minimum atomic E-state index is -0.478. The maximum atomic E-state index is 14.1. The van der Waals surface area contributed by atoms with Gasteiger partial charge in [0.2, 0.25) is 0 Å². The molecule has 0 saturated heterocycles. The summed E-state index contributed by atoms with van der Waals surface area (Å²) in [5.41, 5.74) is 1.41. The Morgan fingerprint density at radius 2 is 1.72 bits per heavy atom. The lowest BCUT2D eigenvalue weighted by Crippen LogP contribution is -2.00. The maximum Gasteiger partial charge on any atom is 0.162 e. The Balaban J connectivity index is 1.93. The molecule has 0 aliphatic heterocycles. The van der Waals surface area contributed by atoms with Crippen molar-refractivity contribution < 1.29 is 18.3 Å². The lowest BCUT2D eigenvalue weighted by Gasteiger charge is -2.13. The highest BCUT2D eigenvalue weighted by Crippen LogP contribution is 2.36. The van der Waals surface area contributed by atoms with Gasteiger partial charge in [0, 0.05) is 15.6 Å². The molecule has 0 saturated carbocycles. The lowest BCUT2D eigenvalue weighted by atomic mass is 10.0. The van der Waals surface area contributed by atoms with Crippen molar-refractivity contribution in [3.8, 4) is 17.6 Å². The predicted molar refractivity (Wildman–Crippen MR) is 111 cm³/mol. The van der Waals surface area contributed by atoms with Crippen molar-refractivity contribution in [2.24, 2.45) is 0 Å². The van der Waals surface area contributed by atoms with Crippen LogP contribution in [0, 0.1) is 23.0 Å². The number of hydrogen-bond donors (Lipinski definition) is 0. The number of benzene rings is 3. The predicted octanol–water partition coefficient (Wildman–Crippen LogP) is 6.38. The fourth-order valence-electron chi connectivity index (χ4n) is 2.71. The highest BCUT2D eigenvalue weighted by Gasteiger charge is 2.13. The van der Waals surface area contributed by atoms with Gasteiger partial charge in [0.25, 0.3) is 0 Å². The first-order valence-corrected chi connectivity index (χ1v) is 9.43. The second kappa shape index (κ2) is 9.35. The van der Waals surface area contributed by atoms with Crippen molar-refractivity contribution in [3.05, 3.63) is 93.5 Å². The summed E-state index contributed by atoms with van der Waals surface area (Å²) in [5.74, 6) is -0.0207. The van der Waals surface area contributed by atoms with Gasteiger partial charge in [-0.05, 0) is 35.9 Å². The van der Waals surface area contributed by atoms with Crippen LogP contribution in [0.2, 0.25) is 0 Å². The van der Waals surface area contributed by atoms with Crippen LogP contribution in [0.5, 0.6) is 11.5 Å². The van der Waals surface area contributed by atoms with Gasteiger partial charge >= 0.3 is 0 Å². The Morgan fingerprint density at radius 1 is 1.03 bits per heavy atom. The summed E-state index contributed by atoms with van der Waals surface area (Å²) in [5, 5.41) is 9.48. The number of rotatable bonds is 6. The van der Waals surface area contributed by atoms with Crippen molar-refractivity contribution in [2.45, 2.75) is 6.61 Å². The molecule has 6 heteroatoms. The molecule has 0 bridgehead atoms. The van der Waals surface area contributed by atoms with Crippen LogP contribution in [0.3, 0.4) is 0 Å². The standard InChI is InChI=1S/C23H16BrF2NO2/c1-28-22-11-16(10-17(13-27)18-7-3-5-9-21(18)26)19(24)12-23(22)29-14-15-6-2-4-8-20(15)25/h2-12H,14H2,1H3. The second-order valence-electron chi connectivity index (χ2n) is 6.05. The highest BCUT2D eigenvalue weighted by atomic mass is 79.9. The van der Waals surface area contributed by atoms with E-state index in [1.165, 1.54) is 19.2 Å². The molecule has 0 radical (unpaired) electrons. The zero-order valence-electron chi connectivity index (χ0n) is 15.5. The van der Waals surface area contributed by atoms with Gasteiger partial charge in [-0.2, -0.15) is 5.26 Å². The SMILES string of the molecule is COc1cc(C=C(C#N)c2ccccc2F)c(Br)cc1OCc1ccccc1F. The molecule has 146 valence electrons. The minimum Gasteiger partial charge on any atom is -0.493 e. The highest BCUT2D eigenvalue weighted by molar-refractivity contribution is 9.10. The molecule has 0 aliphatic carbocycles. The van der Waals surface area contributed by atoms with Crippen LogP contribution in [-0.2, 0) is 6.61 Å². The van der Waals surface area contributed by atoms with Gasteiger partial charge < -0.3 is 9.47 Å². The van der Waals surface area contributed by atoms with E-state index in [0.717, 1.165) is 0 Å². The lowest BCUT2D eigenvalue weighted by molar-refractivity contribution is 0.279. The Labute approximate surface area is 175 Å². The Morgan fingerprint density at radius 3 is 2.38 bits per heavy atom. The van der Waals surface area contributed by atoms with E-state index >= 15 is 0 Å². The Hall–Kier alpha value is -3.17. The average molecular weight is 456 g/mol. The molecule has 0 aliphatic rings. The van der Waals surface area contributed by atoms with E-state index in [1.54, 1.807) is 54.6 Å². The quantitative estimate of drug-likeness (QED) is 0.319. The third-order valence-corrected chi connectivity index (χ3v) is 4.90. The maximum absolute atomic E-state index is 14.1. The van der Waals surface area contributed by atoms with Crippen LogP contribution in [0.25, 0.3) is 11.6 Å². The van der Waals surface area contributed by atoms with E-state index in [4.69, 9.17) is 9.47 Å². The van der Waals surface area contributed by atoms with E-state index in [-0.39, 0.29) is 23.6 Å². The van der Waals surface area contributed by atoms with E-state index in [9.17, 15) is 14.0 Å². The molecule has 29 heavy (non-hydrogen) atoms. The van der Waals surface area contributed by atoms with Gasteiger partial charge in [0.05, 0.1) is 18.8 Å². The zero-order chi connectivity index (χ0) is 20.8. The molecule has 0 aromatic heterocycles. The molecule has 0 heterocycles. The van der Waals surface area contributed by atoms with E-state index < -0.39 is 5.82 Å². The molecule has 3 rings (SSSR count). The van der Waals surface area contributed by atoms with E-state index in [2.05, 4.69) is 15.9 Å². The third-order valence-electron chi connectivity index (χ3n) is 4.21. The van der Waals surface area contributed by atoms with Gasteiger partial charge in [-0.3, -0.25) is 0 Å². The summed E-state index contributed by atoms with van der Waals surface area (Å²) in [6.45, 7) is 0.0311. The molecule has 0 unspecified atom stereocenters. The van der Waals surface area contributed by atoms with Crippen LogP contribution < -0.4 is 9.47 Å². The molecule has 0 spiro atoms. The van der Waals surface area contributed by atoms with Gasteiger partial charge in [-0.15, -0.1) is 0 Å². The van der Waals surface area contributed by atoms with Crippen LogP contribution in [-0.4, -0.2) is 7.11 Å². The van der Waals surface area contributed by atoms with Crippen molar-refractivity contribution in [3.63, 3.8) is 0 Å². The van der Waals surface area contributed by atoms with Crippen molar-refractivity contribution in [2.75, 3.05) is 7.11 Å². The number of hydrogen-bond acceptors (Lipinski definition) is 3. The molecule has 3 aromatic rings. The summed E-state index contributed by atoms with van der Waals surface area (Å²) in [4.78, 5) is 0. The van der Waals surface area contributed by atoms with Gasteiger partial charge in [0.15, 0.2) is 11.5 Å². The smallest absolute Gasteiger partial charge is 0.162 e. The molecule has 0 N–H and O–H groups in total. The first kappa shape index (κ1) is 20.6. The molecule has 3 nitrogen and oxygen atoms in total. The molecule has 3 aromatic carbocycles. The van der Waals surface area contributed by atoms with Crippen molar-refractivity contribution >= 4 is 27.6 Å². The number of nitriles is 1. The summed E-state index contributed by atoms with van der Waals surface area (Å²) < 4.78 is 39.6. The van der Waals surface area contributed by atoms with Gasteiger partial charge in [0.1, 0.15) is 18.2 Å². The molecular formula is C23H16BrF2NO2. The van der Waals surface area contributed by atoms with Gasteiger partial charge in [-0.1, -0.05) is 52.3 Å². The molecule has 0 atom stereocenters. The second-order valence-corrected chi connectivity index (χ2v) is 6.91. The normalized spacial score (nSPS) is 11.1. The molecule has 0 fully saturated rings. The molecular weight excluding hydrogens is 440 g/mol. The Kier molecular flexibility index (Phi) is 6.63. The van der Waals surface area contributed by atoms with Crippen molar-refractivity contribution in [1.29, 1.82) is 5.26 Å². The van der Waals surface area contributed by atoms with Gasteiger partial charge in [-0.25, -0.2) is 8.78 Å². The van der Waals surface area contributed by atoms with E-state index in [0.29, 0.717) is 27.1 Å². The number of halogens is 3. The fraction of sp³-hybridized carbons (Fsp3) is 0.0870. The topological polar surface area (TPSA) is 42.2 Å².